The van der Waals surface area contributed by atoms with Gasteiger partial charge in [-0.2, -0.15) is 5.26 Å². The Kier molecular flexibility index (Phi) is 3.32. The third-order valence-electron chi connectivity index (χ3n) is 3.62. The summed E-state index contributed by atoms with van der Waals surface area (Å²) in [5.41, 5.74) is -0.591. The van der Waals surface area contributed by atoms with Gasteiger partial charge in [0.05, 0.1) is 6.07 Å². The molecule has 17 heavy (non-hydrogen) atoms. The summed E-state index contributed by atoms with van der Waals surface area (Å²) in [7, 11) is 0. The fourth-order valence-corrected chi connectivity index (χ4v) is 2.67. The summed E-state index contributed by atoms with van der Waals surface area (Å²) in [6.07, 6.45) is 5.49. The van der Waals surface area contributed by atoms with Crippen molar-refractivity contribution in [3.63, 3.8) is 0 Å². The van der Waals surface area contributed by atoms with Gasteiger partial charge in [0.2, 0.25) is 0 Å². The zero-order valence-electron chi connectivity index (χ0n) is 9.87. The predicted octanol–water partition coefficient (Wildman–Crippen LogP) is 1.54. The lowest BCUT2D eigenvalue weighted by molar-refractivity contribution is -0.131. The summed E-state index contributed by atoms with van der Waals surface area (Å²) in [6, 6.07) is 1.80. The van der Waals surface area contributed by atoms with Crippen LogP contribution in [0.4, 0.5) is 4.79 Å². The largest absolute Gasteiger partial charge is 0.325 e. The lowest BCUT2D eigenvalue weighted by atomic mass is 9.98. The van der Waals surface area contributed by atoms with E-state index in [2.05, 4.69) is 11.4 Å². The highest BCUT2D eigenvalue weighted by Crippen LogP contribution is 2.35. The maximum atomic E-state index is 12.2. The van der Waals surface area contributed by atoms with Gasteiger partial charge in [0, 0.05) is 13.0 Å². The molecule has 1 aliphatic carbocycles. The van der Waals surface area contributed by atoms with Gasteiger partial charge >= 0.3 is 6.03 Å². The quantitative estimate of drug-likeness (QED) is 0.593. The Morgan fingerprint density at radius 1 is 1.29 bits per heavy atom. The second-order valence-corrected chi connectivity index (χ2v) is 4.79. The average Bonchev–Trinajstić information content (AvgIpc) is 2.85. The fraction of sp³-hybridized carbons (Fsp3) is 0.750. The van der Waals surface area contributed by atoms with Crippen molar-refractivity contribution in [3.05, 3.63) is 0 Å². The molecular formula is C12H17N3O2. The van der Waals surface area contributed by atoms with E-state index >= 15 is 0 Å². The van der Waals surface area contributed by atoms with Crippen molar-refractivity contribution < 1.29 is 9.59 Å². The van der Waals surface area contributed by atoms with E-state index in [4.69, 9.17) is 5.26 Å². The van der Waals surface area contributed by atoms with Gasteiger partial charge in [-0.25, -0.2) is 4.79 Å². The van der Waals surface area contributed by atoms with Gasteiger partial charge in [0.1, 0.15) is 5.54 Å². The minimum atomic E-state index is -0.591. The molecule has 2 aliphatic rings. The second kappa shape index (κ2) is 4.74. The topological polar surface area (TPSA) is 73.2 Å². The van der Waals surface area contributed by atoms with E-state index in [1.54, 1.807) is 0 Å². The number of imide groups is 1. The molecule has 0 aromatic heterocycles. The van der Waals surface area contributed by atoms with Crippen LogP contribution in [0.5, 0.6) is 0 Å². The molecule has 5 heteroatoms. The van der Waals surface area contributed by atoms with Crippen LogP contribution in [0.15, 0.2) is 0 Å². The zero-order chi connectivity index (χ0) is 12.3. The number of nitrogens with zero attached hydrogens (tertiary/aromatic N) is 2. The Morgan fingerprint density at radius 3 is 2.65 bits per heavy atom. The first-order valence-electron chi connectivity index (χ1n) is 6.21. The molecule has 5 nitrogen and oxygen atoms in total. The van der Waals surface area contributed by atoms with Crippen molar-refractivity contribution >= 4 is 11.9 Å². The predicted molar refractivity (Wildman–Crippen MR) is 60.9 cm³/mol. The van der Waals surface area contributed by atoms with E-state index in [0.29, 0.717) is 19.4 Å². The lowest BCUT2D eigenvalue weighted by Crippen LogP contribution is -2.44. The number of carbonyl (C=O) groups excluding carboxylic acids is 2. The number of amides is 3. The van der Waals surface area contributed by atoms with Crippen molar-refractivity contribution in [2.24, 2.45) is 0 Å². The normalized spacial score (nSPS) is 21.9. The Balaban J connectivity index is 1.93. The number of hydrogen-bond acceptors (Lipinski definition) is 3. The standard InChI is InChI=1S/C12H17N3O2/c13-8-4-1-5-9-15-10(16)12(14-11(15)17)6-2-3-7-12/h1-7,9H2,(H,14,17). The molecule has 0 atom stereocenters. The molecule has 0 bridgehead atoms. The molecule has 92 valence electrons. The average molecular weight is 235 g/mol. The molecule has 0 unspecified atom stereocenters. The molecule has 1 N–H and O–H groups in total. The van der Waals surface area contributed by atoms with Crippen LogP contribution in [0.3, 0.4) is 0 Å². The Labute approximate surface area is 101 Å². The van der Waals surface area contributed by atoms with Crippen molar-refractivity contribution in [2.75, 3.05) is 6.54 Å². The van der Waals surface area contributed by atoms with Crippen molar-refractivity contribution in [3.8, 4) is 6.07 Å². The van der Waals surface area contributed by atoms with Crippen LogP contribution in [-0.2, 0) is 4.79 Å². The Morgan fingerprint density at radius 2 is 2.00 bits per heavy atom. The highest BCUT2D eigenvalue weighted by Gasteiger charge is 2.51. The van der Waals surface area contributed by atoms with Gasteiger partial charge in [-0.3, -0.25) is 9.69 Å². The number of nitrogens with one attached hydrogen (secondary N) is 1. The highest BCUT2D eigenvalue weighted by molar-refractivity contribution is 6.07. The van der Waals surface area contributed by atoms with Gasteiger partial charge in [-0.15, -0.1) is 0 Å². The molecule has 1 heterocycles. The number of urea groups is 1. The molecule has 1 saturated carbocycles. The first-order chi connectivity index (χ1) is 8.19. The fourth-order valence-electron chi connectivity index (χ4n) is 2.67. The van der Waals surface area contributed by atoms with E-state index in [1.165, 1.54) is 4.90 Å². The van der Waals surface area contributed by atoms with Crippen LogP contribution in [0.2, 0.25) is 0 Å². The number of rotatable bonds is 4. The third kappa shape index (κ3) is 2.12. The molecule has 1 spiro atoms. The van der Waals surface area contributed by atoms with Crippen LogP contribution in [-0.4, -0.2) is 28.9 Å². The number of hydrogen-bond donors (Lipinski definition) is 1. The van der Waals surface area contributed by atoms with Gasteiger partial charge < -0.3 is 5.32 Å². The van der Waals surface area contributed by atoms with E-state index in [9.17, 15) is 9.59 Å². The molecule has 0 radical (unpaired) electrons. The molecule has 3 amide bonds. The summed E-state index contributed by atoms with van der Waals surface area (Å²) in [5, 5.41) is 11.3. The molecule has 0 aromatic carbocycles. The summed E-state index contributed by atoms with van der Waals surface area (Å²) in [5.74, 6) is -0.0584. The van der Waals surface area contributed by atoms with Crippen molar-refractivity contribution in [2.45, 2.75) is 50.5 Å². The van der Waals surface area contributed by atoms with E-state index in [1.807, 2.05) is 0 Å². The Hall–Kier alpha value is -1.57. The number of unbranched alkanes of at least 4 members (excludes halogenated alkanes) is 2. The van der Waals surface area contributed by atoms with Crippen LogP contribution in [0.25, 0.3) is 0 Å². The van der Waals surface area contributed by atoms with Crippen LogP contribution in [0.1, 0.15) is 44.9 Å². The molecular weight excluding hydrogens is 218 g/mol. The van der Waals surface area contributed by atoms with Crippen LogP contribution < -0.4 is 5.32 Å². The van der Waals surface area contributed by atoms with E-state index < -0.39 is 5.54 Å². The monoisotopic (exact) mass is 235 g/mol. The SMILES string of the molecule is N#CCCCCN1C(=O)NC2(CCCC2)C1=O. The molecule has 0 aromatic rings. The molecule has 1 aliphatic heterocycles. The first-order valence-corrected chi connectivity index (χ1v) is 6.21. The van der Waals surface area contributed by atoms with Crippen LogP contribution >= 0.6 is 0 Å². The van der Waals surface area contributed by atoms with Crippen molar-refractivity contribution in [1.82, 2.24) is 10.2 Å². The maximum absolute atomic E-state index is 12.2. The lowest BCUT2D eigenvalue weighted by Gasteiger charge is -2.19. The second-order valence-electron chi connectivity index (χ2n) is 4.79. The highest BCUT2D eigenvalue weighted by atomic mass is 16.2. The van der Waals surface area contributed by atoms with E-state index in [0.717, 1.165) is 32.1 Å². The zero-order valence-corrected chi connectivity index (χ0v) is 9.87. The molecule has 1 saturated heterocycles. The Bertz CT molecular complexity index is 366. The van der Waals surface area contributed by atoms with Gasteiger partial charge in [-0.05, 0) is 25.7 Å². The number of carbonyl (C=O) groups is 2. The number of nitriles is 1. The smallest absolute Gasteiger partial charge is 0.323 e. The summed E-state index contributed by atoms with van der Waals surface area (Å²) >= 11 is 0. The molecule has 2 rings (SSSR count). The van der Waals surface area contributed by atoms with E-state index in [-0.39, 0.29) is 11.9 Å². The summed E-state index contributed by atoms with van der Waals surface area (Å²) in [4.78, 5) is 25.2. The van der Waals surface area contributed by atoms with Gasteiger partial charge in [-0.1, -0.05) is 12.8 Å². The van der Waals surface area contributed by atoms with Crippen LogP contribution in [0, 0.1) is 11.3 Å². The minimum Gasteiger partial charge on any atom is -0.323 e. The third-order valence-corrected chi connectivity index (χ3v) is 3.62. The van der Waals surface area contributed by atoms with Gasteiger partial charge in [0.15, 0.2) is 0 Å². The summed E-state index contributed by atoms with van der Waals surface area (Å²) in [6.45, 7) is 0.439. The minimum absolute atomic E-state index is 0.0584. The van der Waals surface area contributed by atoms with Gasteiger partial charge in [0.25, 0.3) is 5.91 Å². The summed E-state index contributed by atoms with van der Waals surface area (Å²) < 4.78 is 0. The molecule has 2 fully saturated rings. The maximum Gasteiger partial charge on any atom is 0.325 e. The first kappa shape index (κ1) is 11.9. The van der Waals surface area contributed by atoms with Crippen molar-refractivity contribution in [1.29, 1.82) is 5.26 Å².